The Morgan fingerprint density at radius 3 is 2.72 bits per heavy atom. The van der Waals surface area contributed by atoms with E-state index in [1.807, 2.05) is 6.07 Å². The van der Waals surface area contributed by atoms with Gasteiger partial charge in [0.2, 0.25) is 0 Å². The Balaban J connectivity index is 2.17. The summed E-state index contributed by atoms with van der Waals surface area (Å²) in [5.74, 6) is 2.44. The van der Waals surface area contributed by atoms with Gasteiger partial charge in [0, 0.05) is 0 Å². The zero-order chi connectivity index (χ0) is 13.0. The van der Waals surface area contributed by atoms with E-state index in [9.17, 15) is 0 Å². The summed E-state index contributed by atoms with van der Waals surface area (Å²) in [6.45, 7) is 4.42. The molecule has 1 saturated heterocycles. The normalized spacial score (nSPS) is 19.6. The lowest BCUT2D eigenvalue weighted by Gasteiger charge is -2.24. The van der Waals surface area contributed by atoms with Crippen LogP contribution in [0.4, 0.5) is 0 Å². The van der Waals surface area contributed by atoms with E-state index in [0.717, 1.165) is 30.4 Å². The summed E-state index contributed by atoms with van der Waals surface area (Å²) in [5, 5.41) is 3.47. The average Bonchev–Trinajstić information content (AvgIpc) is 2.42. The zero-order valence-corrected chi connectivity index (χ0v) is 11.6. The van der Waals surface area contributed by atoms with Gasteiger partial charge in [-0.3, -0.25) is 0 Å². The van der Waals surface area contributed by atoms with Crippen molar-refractivity contribution in [3.05, 3.63) is 23.3 Å². The summed E-state index contributed by atoms with van der Waals surface area (Å²) in [6.07, 6.45) is 3.73. The van der Waals surface area contributed by atoms with Gasteiger partial charge in [0.25, 0.3) is 0 Å². The third-order valence-electron chi connectivity index (χ3n) is 3.81. The van der Waals surface area contributed by atoms with Crippen molar-refractivity contribution in [3.63, 3.8) is 0 Å². The van der Waals surface area contributed by atoms with Crippen molar-refractivity contribution in [2.45, 2.75) is 26.2 Å². The van der Waals surface area contributed by atoms with Crippen LogP contribution < -0.4 is 14.8 Å². The molecule has 1 fully saturated rings. The molecule has 3 heteroatoms. The zero-order valence-electron chi connectivity index (χ0n) is 11.6. The first kappa shape index (κ1) is 13.2. The Hall–Kier alpha value is -1.22. The van der Waals surface area contributed by atoms with Gasteiger partial charge in [-0.05, 0) is 62.4 Å². The topological polar surface area (TPSA) is 30.5 Å². The molecule has 1 aromatic rings. The highest BCUT2D eigenvalue weighted by Crippen LogP contribution is 2.34. The van der Waals surface area contributed by atoms with E-state index >= 15 is 0 Å². The predicted molar refractivity (Wildman–Crippen MR) is 73.6 cm³/mol. The maximum Gasteiger partial charge on any atom is 0.163 e. The molecule has 18 heavy (non-hydrogen) atoms. The Labute approximate surface area is 109 Å². The van der Waals surface area contributed by atoms with Crippen molar-refractivity contribution in [2.24, 2.45) is 5.92 Å². The number of benzene rings is 1. The molecule has 1 unspecified atom stereocenters. The maximum absolute atomic E-state index is 5.46. The number of methoxy groups -OCH3 is 2. The van der Waals surface area contributed by atoms with Gasteiger partial charge < -0.3 is 14.8 Å². The van der Waals surface area contributed by atoms with Crippen molar-refractivity contribution < 1.29 is 9.47 Å². The summed E-state index contributed by atoms with van der Waals surface area (Å²) >= 11 is 0. The van der Waals surface area contributed by atoms with Gasteiger partial charge >= 0.3 is 0 Å². The standard InChI is InChI=1S/C15H23NO2/c1-11-13(9-12-5-4-8-16-10-12)6-7-14(17-2)15(11)18-3/h6-7,12,16H,4-5,8-10H2,1-3H3. The summed E-state index contributed by atoms with van der Waals surface area (Å²) in [7, 11) is 3.39. The van der Waals surface area contributed by atoms with Gasteiger partial charge in [0.05, 0.1) is 14.2 Å². The van der Waals surface area contributed by atoms with Gasteiger partial charge in [0.1, 0.15) is 0 Å². The summed E-state index contributed by atoms with van der Waals surface area (Å²) in [4.78, 5) is 0. The Morgan fingerprint density at radius 1 is 1.28 bits per heavy atom. The average molecular weight is 249 g/mol. The van der Waals surface area contributed by atoms with Crippen molar-refractivity contribution in [3.8, 4) is 11.5 Å². The highest BCUT2D eigenvalue weighted by Gasteiger charge is 2.17. The van der Waals surface area contributed by atoms with Crippen LogP contribution in [0.5, 0.6) is 11.5 Å². The lowest BCUT2D eigenvalue weighted by molar-refractivity contribution is 0.349. The molecule has 0 spiro atoms. The van der Waals surface area contributed by atoms with E-state index in [0.29, 0.717) is 0 Å². The number of ether oxygens (including phenoxy) is 2. The number of rotatable bonds is 4. The smallest absolute Gasteiger partial charge is 0.163 e. The second-order valence-corrected chi connectivity index (χ2v) is 5.00. The highest BCUT2D eigenvalue weighted by atomic mass is 16.5. The minimum absolute atomic E-state index is 0.746. The quantitative estimate of drug-likeness (QED) is 0.889. The summed E-state index contributed by atoms with van der Waals surface area (Å²) in [6, 6.07) is 4.18. The fourth-order valence-electron chi connectivity index (χ4n) is 2.75. The number of nitrogens with one attached hydrogen (secondary N) is 1. The molecule has 1 aromatic carbocycles. The van der Waals surface area contributed by atoms with Gasteiger partial charge in [-0.15, -0.1) is 0 Å². The van der Waals surface area contributed by atoms with Crippen LogP contribution in [0.25, 0.3) is 0 Å². The van der Waals surface area contributed by atoms with E-state index in [-0.39, 0.29) is 0 Å². The van der Waals surface area contributed by atoms with Gasteiger partial charge in [-0.2, -0.15) is 0 Å². The second-order valence-electron chi connectivity index (χ2n) is 5.00. The van der Waals surface area contributed by atoms with Crippen molar-refractivity contribution in [1.29, 1.82) is 0 Å². The van der Waals surface area contributed by atoms with E-state index < -0.39 is 0 Å². The molecule has 1 atom stereocenters. The fourth-order valence-corrected chi connectivity index (χ4v) is 2.75. The van der Waals surface area contributed by atoms with Crippen molar-refractivity contribution in [2.75, 3.05) is 27.3 Å². The number of piperidine rings is 1. The third kappa shape index (κ3) is 2.78. The van der Waals surface area contributed by atoms with Crippen LogP contribution in [0.3, 0.4) is 0 Å². The molecule has 2 rings (SSSR count). The molecule has 1 heterocycles. The molecule has 0 aromatic heterocycles. The number of hydrogen-bond acceptors (Lipinski definition) is 3. The molecule has 1 N–H and O–H groups in total. The molecule has 0 aliphatic carbocycles. The van der Waals surface area contributed by atoms with E-state index in [2.05, 4.69) is 18.3 Å². The van der Waals surface area contributed by atoms with Crippen LogP contribution in [0.2, 0.25) is 0 Å². The first-order valence-electron chi connectivity index (χ1n) is 6.67. The summed E-state index contributed by atoms with van der Waals surface area (Å²) < 4.78 is 10.8. The molecule has 1 aliphatic rings. The van der Waals surface area contributed by atoms with Gasteiger partial charge in [-0.1, -0.05) is 6.07 Å². The molecular formula is C15H23NO2. The molecular weight excluding hydrogens is 226 g/mol. The molecule has 0 amide bonds. The minimum atomic E-state index is 0.746. The van der Waals surface area contributed by atoms with E-state index in [4.69, 9.17) is 9.47 Å². The van der Waals surface area contributed by atoms with Crippen LogP contribution in [-0.4, -0.2) is 27.3 Å². The van der Waals surface area contributed by atoms with Gasteiger partial charge in [0.15, 0.2) is 11.5 Å². The molecule has 0 radical (unpaired) electrons. The number of hydrogen-bond donors (Lipinski definition) is 1. The van der Waals surface area contributed by atoms with Crippen LogP contribution >= 0.6 is 0 Å². The lowest BCUT2D eigenvalue weighted by atomic mass is 9.90. The summed E-state index contributed by atoms with van der Waals surface area (Å²) in [5.41, 5.74) is 2.59. The Morgan fingerprint density at radius 2 is 2.11 bits per heavy atom. The van der Waals surface area contributed by atoms with Crippen LogP contribution in [-0.2, 0) is 6.42 Å². The largest absolute Gasteiger partial charge is 0.493 e. The molecule has 1 aliphatic heterocycles. The Kier molecular flexibility index (Phi) is 4.48. The fraction of sp³-hybridized carbons (Fsp3) is 0.600. The maximum atomic E-state index is 5.46. The second kappa shape index (κ2) is 6.10. The monoisotopic (exact) mass is 249 g/mol. The van der Waals surface area contributed by atoms with Crippen LogP contribution in [0.15, 0.2) is 12.1 Å². The van der Waals surface area contributed by atoms with Crippen molar-refractivity contribution in [1.82, 2.24) is 5.32 Å². The predicted octanol–water partition coefficient (Wildman–Crippen LogP) is 2.55. The SMILES string of the molecule is COc1ccc(CC2CCCNC2)c(C)c1OC. The molecule has 100 valence electrons. The van der Waals surface area contributed by atoms with E-state index in [1.165, 1.54) is 30.5 Å². The van der Waals surface area contributed by atoms with Crippen molar-refractivity contribution >= 4 is 0 Å². The first-order chi connectivity index (χ1) is 8.76. The third-order valence-corrected chi connectivity index (χ3v) is 3.81. The first-order valence-corrected chi connectivity index (χ1v) is 6.67. The molecule has 0 bridgehead atoms. The minimum Gasteiger partial charge on any atom is -0.493 e. The molecule has 0 saturated carbocycles. The highest BCUT2D eigenvalue weighted by molar-refractivity contribution is 5.50. The lowest BCUT2D eigenvalue weighted by Crippen LogP contribution is -2.31. The van der Waals surface area contributed by atoms with E-state index in [1.54, 1.807) is 14.2 Å². The molecule has 3 nitrogen and oxygen atoms in total. The Bertz CT molecular complexity index is 398. The van der Waals surface area contributed by atoms with Crippen LogP contribution in [0.1, 0.15) is 24.0 Å². The van der Waals surface area contributed by atoms with Crippen LogP contribution in [0, 0.1) is 12.8 Å². The van der Waals surface area contributed by atoms with Gasteiger partial charge in [-0.25, -0.2) is 0 Å².